The quantitative estimate of drug-likeness (QED) is 0.773. The van der Waals surface area contributed by atoms with Gasteiger partial charge in [-0.05, 0) is 24.1 Å². The third kappa shape index (κ3) is 3.02. The molecule has 0 aliphatic heterocycles. The van der Waals surface area contributed by atoms with E-state index >= 15 is 0 Å². The van der Waals surface area contributed by atoms with E-state index in [1.54, 1.807) is 24.3 Å². The molecule has 0 heterocycles. The number of alkyl halides is 1. The third-order valence-corrected chi connectivity index (χ3v) is 2.18. The van der Waals surface area contributed by atoms with Crippen LogP contribution in [0.3, 0.4) is 0 Å². The first kappa shape index (κ1) is 11.7. The molecular weight excluding hydrogens is 197 g/mol. The van der Waals surface area contributed by atoms with Crippen LogP contribution in [0, 0.1) is 0 Å². The van der Waals surface area contributed by atoms with Crippen molar-refractivity contribution in [1.82, 2.24) is 0 Å². The zero-order valence-corrected chi connectivity index (χ0v) is 8.57. The maximum atomic E-state index is 12.0. The summed E-state index contributed by atoms with van der Waals surface area (Å²) in [5.41, 5.74) is 6.99. The van der Waals surface area contributed by atoms with Gasteiger partial charge in [0, 0.05) is 6.04 Å². The fourth-order valence-electron chi connectivity index (χ4n) is 1.27. The zero-order valence-electron chi connectivity index (χ0n) is 8.57. The lowest BCUT2D eigenvalue weighted by Gasteiger charge is -2.09. The smallest absolute Gasteiger partial charge is 0.337 e. The summed E-state index contributed by atoms with van der Waals surface area (Å²) in [4.78, 5) is 11.1. The lowest BCUT2D eigenvalue weighted by atomic mass is 10.0. The van der Waals surface area contributed by atoms with Crippen LogP contribution < -0.4 is 5.73 Å². The van der Waals surface area contributed by atoms with E-state index in [0.717, 1.165) is 5.56 Å². The Morgan fingerprint density at radius 1 is 1.47 bits per heavy atom. The number of nitrogens with two attached hydrogens (primary N) is 1. The van der Waals surface area contributed by atoms with Crippen molar-refractivity contribution in [2.75, 3.05) is 13.8 Å². The molecule has 4 heteroatoms. The molecule has 1 atom stereocenters. The number of halogens is 1. The Morgan fingerprint density at radius 2 is 2.07 bits per heavy atom. The molecule has 0 amide bonds. The second kappa shape index (κ2) is 5.46. The van der Waals surface area contributed by atoms with Crippen LogP contribution in [0.5, 0.6) is 0 Å². The molecule has 0 bridgehead atoms. The predicted octanol–water partition coefficient (Wildman–Crippen LogP) is 1.83. The summed E-state index contributed by atoms with van der Waals surface area (Å²) in [6.45, 7) is -0.445. The SMILES string of the molecule is COC(=O)c1ccc([C@@H](N)CCF)cc1. The van der Waals surface area contributed by atoms with Gasteiger partial charge in [-0.1, -0.05) is 12.1 Å². The average molecular weight is 211 g/mol. The molecule has 0 unspecified atom stereocenters. The summed E-state index contributed by atoms with van der Waals surface area (Å²) in [6.07, 6.45) is 0.289. The third-order valence-electron chi connectivity index (χ3n) is 2.18. The molecule has 15 heavy (non-hydrogen) atoms. The van der Waals surface area contributed by atoms with Crippen LogP contribution in [0.25, 0.3) is 0 Å². The molecule has 1 rings (SSSR count). The first-order valence-electron chi connectivity index (χ1n) is 4.69. The second-order valence-corrected chi connectivity index (χ2v) is 3.20. The Balaban J connectivity index is 2.76. The van der Waals surface area contributed by atoms with Crippen molar-refractivity contribution in [1.29, 1.82) is 0 Å². The normalized spacial score (nSPS) is 12.2. The van der Waals surface area contributed by atoms with Crippen molar-refractivity contribution in [3.05, 3.63) is 35.4 Å². The molecule has 1 aromatic carbocycles. The lowest BCUT2D eigenvalue weighted by molar-refractivity contribution is 0.0600. The van der Waals surface area contributed by atoms with Crippen LogP contribution in [0.15, 0.2) is 24.3 Å². The Bertz CT molecular complexity index is 324. The van der Waals surface area contributed by atoms with E-state index in [2.05, 4.69) is 4.74 Å². The average Bonchev–Trinajstić information content (AvgIpc) is 2.28. The number of methoxy groups -OCH3 is 1. The van der Waals surface area contributed by atoms with Gasteiger partial charge in [0.2, 0.25) is 0 Å². The Morgan fingerprint density at radius 3 is 2.53 bits per heavy atom. The van der Waals surface area contributed by atoms with Gasteiger partial charge in [0.15, 0.2) is 0 Å². The number of ether oxygens (including phenoxy) is 1. The molecule has 3 nitrogen and oxygen atoms in total. The van der Waals surface area contributed by atoms with Crippen molar-refractivity contribution in [2.24, 2.45) is 5.73 Å². The predicted molar refractivity (Wildman–Crippen MR) is 55.3 cm³/mol. The number of rotatable bonds is 4. The number of esters is 1. The van der Waals surface area contributed by atoms with Gasteiger partial charge < -0.3 is 10.5 Å². The maximum absolute atomic E-state index is 12.0. The fourth-order valence-corrected chi connectivity index (χ4v) is 1.27. The highest BCUT2D eigenvalue weighted by atomic mass is 19.1. The largest absolute Gasteiger partial charge is 0.465 e. The molecule has 0 fully saturated rings. The summed E-state index contributed by atoms with van der Waals surface area (Å²) in [7, 11) is 1.32. The standard InChI is InChI=1S/C11H14FNO2/c1-15-11(14)9-4-2-8(3-5-9)10(13)6-7-12/h2-5,10H,6-7,13H2,1H3/t10-/m0/s1. The monoisotopic (exact) mass is 211 g/mol. The summed E-state index contributed by atoms with van der Waals surface area (Å²) in [5, 5.41) is 0. The highest BCUT2D eigenvalue weighted by Gasteiger charge is 2.08. The van der Waals surface area contributed by atoms with Crippen molar-refractivity contribution in [3.8, 4) is 0 Å². The zero-order chi connectivity index (χ0) is 11.3. The Hall–Kier alpha value is -1.42. The molecular formula is C11H14FNO2. The summed E-state index contributed by atoms with van der Waals surface area (Å²) in [5.74, 6) is -0.388. The van der Waals surface area contributed by atoms with Gasteiger partial charge >= 0.3 is 5.97 Å². The van der Waals surface area contributed by atoms with Crippen molar-refractivity contribution >= 4 is 5.97 Å². The molecule has 0 spiro atoms. The lowest BCUT2D eigenvalue weighted by Crippen LogP contribution is -2.11. The van der Waals surface area contributed by atoms with Crippen LogP contribution in [0.4, 0.5) is 4.39 Å². The van der Waals surface area contributed by atoms with Gasteiger partial charge in [0.25, 0.3) is 0 Å². The van der Waals surface area contributed by atoms with Crippen molar-refractivity contribution in [2.45, 2.75) is 12.5 Å². The first-order chi connectivity index (χ1) is 7.19. The summed E-state index contributed by atoms with van der Waals surface area (Å²) in [6, 6.07) is 6.36. The summed E-state index contributed by atoms with van der Waals surface area (Å²) >= 11 is 0. The maximum Gasteiger partial charge on any atom is 0.337 e. The fraction of sp³-hybridized carbons (Fsp3) is 0.364. The molecule has 82 valence electrons. The second-order valence-electron chi connectivity index (χ2n) is 3.20. The van der Waals surface area contributed by atoms with Crippen LogP contribution in [-0.4, -0.2) is 19.8 Å². The van der Waals surface area contributed by atoms with Gasteiger partial charge in [-0.25, -0.2) is 4.79 Å². The minimum atomic E-state index is -0.445. The molecule has 0 saturated carbocycles. The Kier molecular flexibility index (Phi) is 4.24. The first-order valence-corrected chi connectivity index (χ1v) is 4.69. The van der Waals surface area contributed by atoms with E-state index in [1.807, 2.05) is 0 Å². The van der Waals surface area contributed by atoms with E-state index < -0.39 is 6.67 Å². The minimum Gasteiger partial charge on any atom is -0.465 e. The Labute approximate surface area is 88.0 Å². The van der Waals surface area contributed by atoms with Crippen LogP contribution in [-0.2, 0) is 4.74 Å². The van der Waals surface area contributed by atoms with E-state index in [1.165, 1.54) is 7.11 Å². The van der Waals surface area contributed by atoms with E-state index in [-0.39, 0.29) is 18.4 Å². The highest BCUT2D eigenvalue weighted by molar-refractivity contribution is 5.89. The van der Waals surface area contributed by atoms with Crippen molar-refractivity contribution < 1.29 is 13.9 Å². The van der Waals surface area contributed by atoms with E-state index in [9.17, 15) is 9.18 Å². The van der Waals surface area contributed by atoms with Gasteiger partial charge in [-0.3, -0.25) is 4.39 Å². The molecule has 1 aromatic rings. The van der Waals surface area contributed by atoms with Gasteiger partial charge in [-0.2, -0.15) is 0 Å². The molecule has 2 N–H and O–H groups in total. The minimum absolute atomic E-state index is 0.289. The summed E-state index contributed by atoms with van der Waals surface area (Å²) < 4.78 is 16.6. The molecule has 0 aliphatic carbocycles. The molecule has 0 aliphatic rings. The highest BCUT2D eigenvalue weighted by Crippen LogP contribution is 2.15. The number of benzene rings is 1. The number of carbonyl (C=O) groups excluding carboxylic acids is 1. The molecule has 0 radical (unpaired) electrons. The van der Waals surface area contributed by atoms with Crippen LogP contribution in [0.2, 0.25) is 0 Å². The molecule has 0 saturated heterocycles. The number of carbonyl (C=O) groups is 1. The molecule has 0 aromatic heterocycles. The van der Waals surface area contributed by atoms with Gasteiger partial charge in [0.05, 0.1) is 19.3 Å². The van der Waals surface area contributed by atoms with Crippen LogP contribution >= 0.6 is 0 Å². The van der Waals surface area contributed by atoms with Gasteiger partial charge in [0.1, 0.15) is 0 Å². The van der Waals surface area contributed by atoms with Crippen molar-refractivity contribution in [3.63, 3.8) is 0 Å². The van der Waals surface area contributed by atoms with Gasteiger partial charge in [-0.15, -0.1) is 0 Å². The topological polar surface area (TPSA) is 52.3 Å². The number of hydrogen-bond donors (Lipinski definition) is 1. The number of hydrogen-bond acceptors (Lipinski definition) is 3. The van der Waals surface area contributed by atoms with E-state index in [0.29, 0.717) is 5.56 Å². The van der Waals surface area contributed by atoms with Crippen LogP contribution in [0.1, 0.15) is 28.4 Å². The van der Waals surface area contributed by atoms with E-state index in [4.69, 9.17) is 5.73 Å².